The van der Waals surface area contributed by atoms with Gasteiger partial charge in [-0.25, -0.2) is 0 Å². The molecule has 1 aromatic heterocycles. The van der Waals surface area contributed by atoms with Crippen molar-refractivity contribution in [2.45, 2.75) is 13.0 Å². The highest BCUT2D eigenvalue weighted by atomic mass is 127. The SMILES string of the molecule is CC(N)c1nnnn1-c1cccc(I)c1. The van der Waals surface area contributed by atoms with Gasteiger partial charge in [-0.1, -0.05) is 6.07 Å². The second-order valence-corrected chi connectivity index (χ2v) is 4.46. The lowest BCUT2D eigenvalue weighted by Gasteiger charge is -2.06. The van der Waals surface area contributed by atoms with Crippen LogP contribution in [0, 0.1) is 3.57 Å². The highest BCUT2D eigenvalue weighted by Gasteiger charge is 2.11. The van der Waals surface area contributed by atoms with Crippen molar-refractivity contribution in [3.05, 3.63) is 33.7 Å². The number of nitrogens with zero attached hydrogens (tertiary/aromatic N) is 4. The lowest BCUT2D eigenvalue weighted by atomic mass is 10.3. The lowest BCUT2D eigenvalue weighted by molar-refractivity contribution is 0.688. The third-order valence-corrected chi connectivity index (χ3v) is 2.62. The van der Waals surface area contributed by atoms with E-state index in [2.05, 4.69) is 38.1 Å². The summed E-state index contributed by atoms with van der Waals surface area (Å²) >= 11 is 2.25. The Morgan fingerprint density at radius 2 is 2.27 bits per heavy atom. The number of hydrogen-bond acceptors (Lipinski definition) is 4. The molecule has 1 atom stereocenters. The highest BCUT2D eigenvalue weighted by Crippen LogP contribution is 2.14. The Hall–Kier alpha value is -1.02. The van der Waals surface area contributed by atoms with E-state index in [1.807, 2.05) is 31.2 Å². The maximum atomic E-state index is 5.77. The standard InChI is InChI=1S/C9H10IN5/c1-6(11)9-12-13-14-15(9)8-4-2-3-7(10)5-8/h2-6H,11H2,1H3. The minimum atomic E-state index is -0.183. The summed E-state index contributed by atoms with van der Waals surface area (Å²) in [6.45, 7) is 1.86. The molecule has 0 radical (unpaired) electrons. The van der Waals surface area contributed by atoms with Gasteiger partial charge in [0.05, 0.1) is 11.7 Å². The number of halogens is 1. The summed E-state index contributed by atoms with van der Waals surface area (Å²) in [6.07, 6.45) is 0. The van der Waals surface area contributed by atoms with Gasteiger partial charge in [-0.3, -0.25) is 0 Å². The molecule has 0 bridgehead atoms. The van der Waals surface area contributed by atoms with Gasteiger partial charge in [0.1, 0.15) is 0 Å². The summed E-state index contributed by atoms with van der Waals surface area (Å²) in [5, 5.41) is 11.4. The Balaban J connectivity index is 2.49. The predicted octanol–water partition coefficient (Wildman–Crippen LogP) is 1.29. The summed E-state index contributed by atoms with van der Waals surface area (Å²) in [7, 11) is 0. The lowest BCUT2D eigenvalue weighted by Crippen LogP contribution is -2.13. The molecule has 1 unspecified atom stereocenters. The molecule has 15 heavy (non-hydrogen) atoms. The molecule has 1 aromatic carbocycles. The molecule has 5 nitrogen and oxygen atoms in total. The number of benzene rings is 1. The average Bonchev–Trinajstić information content (AvgIpc) is 2.65. The normalized spacial score (nSPS) is 12.7. The van der Waals surface area contributed by atoms with Gasteiger partial charge in [0.2, 0.25) is 0 Å². The summed E-state index contributed by atoms with van der Waals surface area (Å²) in [4.78, 5) is 0. The van der Waals surface area contributed by atoms with Gasteiger partial charge in [0, 0.05) is 3.57 Å². The van der Waals surface area contributed by atoms with Crippen LogP contribution in [-0.4, -0.2) is 20.2 Å². The molecule has 1 heterocycles. The van der Waals surface area contributed by atoms with Gasteiger partial charge in [0.25, 0.3) is 0 Å². The Kier molecular flexibility index (Phi) is 2.96. The zero-order chi connectivity index (χ0) is 10.8. The van der Waals surface area contributed by atoms with Gasteiger partial charge in [-0.15, -0.1) is 5.10 Å². The van der Waals surface area contributed by atoms with Gasteiger partial charge in [-0.2, -0.15) is 4.68 Å². The number of tetrazole rings is 1. The van der Waals surface area contributed by atoms with Crippen LogP contribution in [0.25, 0.3) is 5.69 Å². The van der Waals surface area contributed by atoms with E-state index in [0.29, 0.717) is 5.82 Å². The summed E-state index contributed by atoms with van der Waals surface area (Å²) in [5.74, 6) is 0.664. The smallest absolute Gasteiger partial charge is 0.173 e. The van der Waals surface area contributed by atoms with E-state index in [4.69, 9.17) is 5.73 Å². The molecule has 0 saturated heterocycles. The molecule has 0 fully saturated rings. The fraction of sp³-hybridized carbons (Fsp3) is 0.222. The first kappa shape index (κ1) is 10.5. The highest BCUT2D eigenvalue weighted by molar-refractivity contribution is 14.1. The van der Waals surface area contributed by atoms with Gasteiger partial charge in [-0.05, 0) is 58.1 Å². The van der Waals surface area contributed by atoms with Gasteiger partial charge in [0.15, 0.2) is 5.82 Å². The number of aromatic nitrogens is 4. The van der Waals surface area contributed by atoms with E-state index in [0.717, 1.165) is 9.26 Å². The van der Waals surface area contributed by atoms with Crippen LogP contribution in [0.1, 0.15) is 18.8 Å². The van der Waals surface area contributed by atoms with Crippen molar-refractivity contribution in [1.82, 2.24) is 20.2 Å². The second-order valence-electron chi connectivity index (χ2n) is 3.22. The maximum absolute atomic E-state index is 5.77. The molecule has 6 heteroatoms. The fourth-order valence-corrected chi connectivity index (χ4v) is 1.80. The van der Waals surface area contributed by atoms with Crippen molar-refractivity contribution in [3.8, 4) is 5.69 Å². The molecule has 0 spiro atoms. The maximum Gasteiger partial charge on any atom is 0.173 e. The molecular weight excluding hydrogens is 305 g/mol. The molecular formula is C9H10IN5. The fourth-order valence-electron chi connectivity index (χ4n) is 1.27. The van der Waals surface area contributed by atoms with Crippen LogP contribution in [0.3, 0.4) is 0 Å². The third-order valence-electron chi connectivity index (χ3n) is 1.95. The van der Waals surface area contributed by atoms with Crippen LogP contribution in [-0.2, 0) is 0 Å². The van der Waals surface area contributed by atoms with Crippen LogP contribution in [0.15, 0.2) is 24.3 Å². The second kappa shape index (κ2) is 4.23. The van der Waals surface area contributed by atoms with Crippen LogP contribution in [0.4, 0.5) is 0 Å². The predicted molar refractivity (Wildman–Crippen MR) is 64.5 cm³/mol. The first-order valence-electron chi connectivity index (χ1n) is 4.48. The summed E-state index contributed by atoms with van der Waals surface area (Å²) in [6, 6.07) is 7.74. The first-order valence-corrected chi connectivity index (χ1v) is 5.56. The molecule has 0 aliphatic rings. The summed E-state index contributed by atoms with van der Waals surface area (Å²) < 4.78 is 2.79. The summed E-state index contributed by atoms with van der Waals surface area (Å²) in [5.41, 5.74) is 6.70. The quantitative estimate of drug-likeness (QED) is 0.848. The van der Waals surface area contributed by atoms with Gasteiger partial charge < -0.3 is 5.73 Å². The monoisotopic (exact) mass is 315 g/mol. The first-order chi connectivity index (χ1) is 7.18. The Morgan fingerprint density at radius 3 is 2.93 bits per heavy atom. The third kappa shape index (κ3) is 2.15. The van der Waals surface area contributed by atoms with Crippen molar-refractivity contribution in [3.63, 3.8) is 0 Å². The largest absolute Gasteiger partial charge is 0.321 e. The molecule has 2 N–H and O–H groups in total. The van der Waals surface area contributed by atoms with E-state index in [9.17, 15) is 0 Å². The minimum Gasteiger partial charge on any atom is -0.321 e. The topological polar surface area (TPSA) is 69.6 Å². The van der Waals surface area contributed by atoms with Crippen LogP contribution >= 0.6 is 22.6 Å². The molecule has 0 aliphatic carbocycles. The van der Waals surface area contributed by atoms with E-state index in [1.165, 1.54) is 0 Å². The zero-order valence-corrected chi connectivity index (χ0v) is 10.3. The minimum absolute atomic E-state index is 0.183. The van der Waals surface area contributed by atoms with Crippen LogP contribution in [0.2, 0.25) is 0 Å². The Labute approximate surface area is 101 Å². The van der Waals surface area contributed by atoms with E-state index in [1.54, 1.807) is 4.68 Å². The van der Waals surface area contributed by atoms with Gasteiger partial charge >= 0.3 is 0 Å². The number of rotatable bonds is 2. The number of hydrogen-bond donors (Lipinski definition) is 1. The van der Waals surface area contributed by atoms with Crippen LogP contribution in [0.5, 0.6) is 0 Å². The molecule has 2 aromatic rings. The Bertz CT molecular complexity index is 465. The van der Waals surface area contributed by atoms with E-state index >= 15 is 0 Å². The molecule has 0 amide bonds. The number of nitrogens with two attached hydrogens (primary N) is 1. The molecule has 78 valence electrons. The van der Waals surface area contributed by atoms with Crippen molar-refractivity contribution in [2.75, 3.05) is 0 Å². The van der Waals surface area contributed by atoms with Crippen molar-refractivity contribution >= 4 is 22.6 Å². The van der Waals surface area contributed by atoms with Crippen molar-refractivity contribution in [2.24, 2.45) is 5.73 Å². The Morgan fingerprint density at radius 1 is 1.47 bits per heavy atom. The van der Waals surface area contributed by atoms with Crippen molar-refractivity contribution in [1.29, 1.82) is 0 Å². The molecule has 0 saturated carbocycles. The van der Waals surface area contributed by atoms with Crippen molar-refractivity contribution < 1.29 is 0 Å². The molecule has 0 aliphatic heterocycles. The zero-order valence-electron chi connectivity index (χ0n) is 8.13. The van der Waals surface area contributed by atoms with E-state index in [-0.39, 0.29) is 6.04 Å². The average molecular weight is 315 g/mol. The molecule has 2 rings (SSSR count). The van der Waals surface area contributed by atoms with Crippen LogP contribution < -0.4 is 5.73 Å². The van der Waals surface area contributed by atoms with E-state index < -0.39 is 0 Å².